The van der Waals surface area contributed by atoms with Gasteiger partial charge in [-0.15, -0.1) is 0 Å². The van der Waals surface area contributed by atoms with Crippen molar-refractivity contribution in [3.8, 4) is 0 Å². The Bertz CT molecular complexity index is 714. The largest absolute Gasteiger partial charge is 0.465 e. The molecule has 0 radical (unpaired) electrons. The van der Waals surface area contributed by atoms with Gasteiger partial charge < -0.3 is 9.73 Å². The summed E-state index contributed by atoms with van der Waals surface area (Å²) in [6.07, 6.45) is 2.61. The molecular weight excluding hydrogens is 300 g/mol. The molecule has 0 bridgehead atoms. The zero-order valence-corrected chi connectivity index (χ0v) is 14.1. The molecule has 4 nitrogen and oxygen atoms in total. The molecule has 1 amide bonds. The Hall–Kier alpha value is -2.07. The van der Waals surface area contributed by atoms with Gasteiger partial charge in [-0.3, -0.25) is 9.69 Å². The van der Waals surface area contributed by atoms with E-state index in [2.05, 4.69) is 40.5 Å². The molecule has 1 N–H and O–H groups in total. The minimum atomic E-state index is -0.0754. The zero-order valence-electron chi connectivity index (χ0n) is 14.1. The summed E-state index contributed by atoms with van der Waals surface area (Å²) >= 11 is 0. The minimum absolute atomic E-state index is 0.0754. The van der Waals surface area contributed by atoms with E-state index < -0.39 is 0 Å². The Kier molecular flexibility index (Phi) is 3.93. The van der Waals surface area contributed by atoms with Crippen molar-refractivity contribution in [3.63, 3.8) is 0 Å². The number of likely N-dealkylation sites (tertiary alicyclic amines) is 1. The number of carbonyl (C=O) groups excluding carboxylic acids is 1. The number of aryl methyl sites for hydroxylation is 1. The molecule has 2 aliphatic rings. The van der Waals surface area contributed by atoms with E-state index >= 15 is 0 Å². The van der Waals surface area contributed by atoms with Crippen molar-refractivity contribution < 1.29 is 9.21 Å². The second-order valence-corrected chi connectivity index (χ2v) is 7.16. The third-order valence-corrected chi connectivity index (χ3v) is 5.57. The van der Waals surface area contributed by atoms with Gasteiger partial charge in [-0.05, 0) is 37.5 Å². The normalized spacial score (nSPS) is 23.5. The molecule has 2 fully saturated rings. The molecule has 4 rings (SSSR count). The van der Waals surface area contributed by atoms with Crippen LogP contribution in [0.3, 0.4) is 0 Å². The first-order valence-corrected chi connectivity index (χ1v) is 8.78. The smallest absolute Gasteiger partial charge is 0.221 e. The van der Waals surface area contributed by atoms with Crippen LogP contribution in [0.4, 0.5) is 0 Å². The van der Waals surface area contributed by atoms with Crippen molar-refractivity contribution in [1.82, 2.24) is 10.2 Å². The van der Waals surface area contributed by atoms with Crippen LogP contribution >= 0.6 is 0 Å². The lowest BCUT2D eigenvalue weighted by Crippen LogP contribution is -2.53. The van der Waals surface area contributed by atoms with E-state index in [-0.39, 0.29) is 11.4 Å². The highest BCUT2D eigenvalue weighted by molar-refractivity contribution is 5.81. The summed E-state index contributed by atoms with van der Waals surface area (Å²) in [5.74, 6) is 2.47. The summed E-state index contributed by atoms with van der Waals surface area (Å²) in [6, 6.07) is 14.6. The quantitative estimate of drug-likeness (QED) is 0.943. The summed E-state index contributed by atoms with van der Waals surface area (Å²) in [4.78, 5) is 14.6. The van der Waals surface area contributed by atoms with E-state index in [0.717, 1.165) is 44.0 Å². The third-order valence-electron chi connectivity index (χ3n) is 5.57. The maximum absolute atomic E-state index is 12.1. The number of hydrogen-bond acceptors (Lipinski definition) is 3. The fraction of sp³-hybridized carbons (Fsp3) is 0.450. The highest BCUT2D eigenvalue weighted by atomic mass is 16.3. The molecule has 2 aliphatic heterocycles. The van der Waals surface area contributed by atoms with Crippen LogP contribution in [0.2, 0.25) is 0 Å². The monoisotopic (exact) mass is 324 g/mol. The molecule has 126 valence electrons. The second kappa shape index (κ2) is 6.10. The van der Waals surface area contributed by atoms with Crippen LogP contribution in [0, 0.1) is 6.92 Å². The lowest BCUT2D eigenvalue weighted by atomic mass is 9.74. The number of amides is 1. The summed E-state index contributed by atoms with van der Waals surface area (Å²) < 4.78 is 5.70. The van der Waals surface area contributed by atoms with Gasteiger partial charge in [-0.25, -0.2) is 0 Å². The molecule has 2 saturated heterocycles. The maximum atomic E-state index is 12.1. The zero-order chi connectivity index (χ0) is 16.6. The summed E-state index contributed by atoms with van der Waals surface area (Å²) in [6.45, 7) is 4.81. The van der Waals surface area contributed by atoms with Gasteiger partial charge in [0.05, 0.1) is 6.54 Å². The fourth-order valence-corrected chi connectivity index (χ4v) is 4.29. The predicted molar refractivity (Wildman–Crippen MR) is 92.6 cm³/mol. The number of carbonyl (C=O) groups is 1. The van der Waals surface area contributed by atoms with Gasteiger partial charge in [0.15, 0.2) is 0 Å². The minimum Gasteiger partial charge on any atom is -0.465 e. The van der Waals surface area contributed by atoms with Crippen molar-refractivity contribution in [2.75, 3.05) is 13.1 Å². The van der Waals surface area contributed by atoms with E-state index in [1.54, 1.807) is 0 Å². The fourth-order valence-electron chi connectivity index (χ4n) is 4.29. The van der Waals surface area contributed by atoms with Gasteiger partial charge in [0.2, 0.25) is 5.91 Å². The Morgan fingerprint density at radius 1 is 1.17 bits per heavy atom. The van der Waals surface area contributed by atoms with Crippen LogP contribution in [-0.2, 0) is 11.3 Å². The highest BCUT2D eigenvalue weighted by Gasteiger charge is 2.48. The van der Waals surface area contributed by atoms with Gasteiger partial charge in [-0.1, -0.05) is 30.3 Å². The van der Waals surface area contributed by atoms with Gasteiger partial charge in [0.1, 0.15) is 11.5 Å². The third kappa shape index (κ3) is 2.86. The van der Waals surface area contributed by atoms with Crippen LogP contribution in [-0.4, -0.2) is 29.4 Å². The van der Waals surface area contributed by atoms with Crippen LogP contribution in [0.15, 0.2) is 46.9 Å². The second-order valence-electron chi connectivity index (χ2n) is 7.16. The molecule has 24 heavy (non-hydrogen) atoms. The molecule has 0 aliphatic carbocycles. The number of benzene rings is 1. The van der Waals surface area contributed by atoms with Crippen molar-refractivity contribution in [1.29, 1.82) is 0 Å². The van der Waals surface area contributed by atoms with Gasteiger partial charge in [-0.2, -0.15) is 0 Å². The molecule has 1 aromatic carbocycles. The SMILES string of the molecule is Cc1ccc(CN2CCC3(CC2)NC(=O)CC3c2ccccc2)o1. The number of hydrogen-bond donors (Lipinski definition) is 1. The first-order valence-electron chi connectivity index (χ1n) is 8.78. The Balaban J connectivity index is 1.47. The number of rotatable bonds is 3. The van der Waals surface area contributed by atoms with E-state index in [1.165, 1.54) is 5.56 Å². The maximum Gasteiger partial charge on any atom is 0.221 e. The van der Waals surface area contributed by atoms with Gasteiger partial charge in [0.25, 0.3) is 0 Å². The Labute approximate surface area is 142 Å². The molecule has 3 heterocycles. The van der Waals surface area contributed by atoms with E-state index in [9.17, 15) is 4.79 Å². The standard InChI is InChI=1S/C20H24N2O2/c1-15-7-8-17(24-15)14-22-11-9-20(10-12-22)18(13-19(23)21-20)16-5-3-2-4-6-16/h2-8,18H,9-14H2,1H3,(H,21,23). The molecule has 4 heteroatoms. The van der Waals surface area contributed by atoms with E-state index in [4.69, 9.17) is 4.42 Å². The first-order chi connectivity index (χ1) is 11.6. The van der Waals surface area contributed by atoms with Crippen molar-refractivity contribution in [2.24, 2.45) is 0 Å². The number of nitrogens with one attached hydrogen (secondary N) is 1. The molecule has 1 atom stereocenters. The Morgan fingerprint density at radius 3 is 2.58 bits per heavy atom. The summed E-state index contributed by atoms with van der Waals surface area (Å²) in [5.41, 5.74) is 1.21. The van der Waals surface area contributed by atoms with Crippen molar-refractivity contribution >= 4 is 5.91 Å². The van der Waals surface area contributed by atoms with Crippen molar-refractivity contribution in [3.05, 3.63) is 59.5 Å². The highest BCUT2D eigenvalue weighted by Crippen LogP contribution is 2.43. The molecule has 0 saturated carbocycles. The lowest BCUT2D eigenvalue weighted by Gasteiger charge is -2.42. The average molecular weight is 324 g/mol. The summed E-state index contributed by atoms with van der Waals surface area (Å²) in [5, 5.41) is 3.32. The lowest BCUT2D eigenvalue weighted by molar-refractivity contribution is -0.120. The first kappa shape index (κ1) is 15.5. The predicted octanol–water partition coefficient (Wildman–Crippen LogP) is 3.23. The molecular formula is C20H24N2O2. The Morgan fingerprint density at radius 2 is 1.92 bits per heavy atom. The average Bonchev–Trinajstić information content (AvgIpc) is 3.14. The van der Waals surface area contributed by atoms with Crippen LogP contribution in [0.25, 0.3) is 0 Å². The number of furan rings is 1. The summed E-state index contributed by atoms with van der Waals surface area (Å²) in [7, 11) is 0. The van der Waals surface area contributed by atoms with E-state index in [0.29, 0.717) is 12.3 Å². The number of piperidine rings is 1. The number of nitrogens with zero attached hydrogens (tertiary/aromatic N) is 1. The van der Waals surface area contributed by atoms with Crippen LogP contribution in [0.5, 0.6) is 0 Å². The van der Waals surface area contributed by atoms with Crippen LogP contribution < -0.4 is 5.32 Å². The van der Waals surface area contributed by atoms with Crippen molar-refractivity contribution in [2.45, 2.75) is 44.2 Å². The van der Waals surface area contributed by atoms with E-state index in [1.807, 2.05) is 19.1 Å². The molecule has 1 spiro atoms. The van der Waals surface area contributed by atoms with Crippen LogP contribution in [0.1, 0.15) is 42.3 Å². The molecule has 1 unspecified atom stereocenters. The van der Waals surface area contributed by atoms with Gasteiger partial charge >= 0.3 is 0 Å². The van der Waals surface area contributed by atoms with Gasteiger partial charge in [0, 0.05) is 31.0 Å². The topological polar surface area (TPSA) is 45.5 Å². The molecule has 1 aromatic heterocycles. The molecule has 2 aromatic rings.